The number of Topliss-reactive ketones (excluding diaryl/α,β-unsaturated/α-hetero) is 1. The number of benzene rings is 1. The normalized spacial score (nSPS) is 20.5. The third-order valence-electron chi connectivity index (χ3n) is 4.71. The Labute approximate surface area is 126 Å². The van der Waals surface area contributed by atoms with Crippen molar-refractivity contribution in [3.05, 3.63) is 52.8 Å². The second-order valence-electron chi connectivity index (χ2n) is 6.10. The molecule has 1 fully saturated rings. The second-order valence-corrected chi connectivity index (χ2v) is 6.10. The van der Waals surface area contributed by atoms with Crippen LogP contribution in [0.5, 0.6) is 0 Å². The number of hydrogen-bond donors (Lipinski definition) is 0. The quantitative estimate of drug-likeness (QED) is 0.843. The van der Waals surface area contributed by atoms with Crippen LogP contribution in [0.1, 0.15) is 41.3 Å². The summed E-state index contributed by atoms with van der Waals surface area (Å²) in [6.07, 6.45) is 2.48. The topological polar surface area (TPSA) is 34.9 Å². The maximum atomic E-state index is 12.4. The van der Waals surface area contributed by atoms with Crippen molar-refractivity contribution < 1.29 is 4.79 Å². The Morgan fingerprint density at radius 2 is 2.00 bits per heavy atom. The van der Waals surface area contributed by atoms with E-state index in [-0.39, 0.29) is 5.92 Å². The number of hydrogen-bond acceptors (Lipinski definition) is 2. The number of rotatable bonds is 5. The average molecular weight is 282 g/mol. The monoisotopic (exact) mass is 282 g/mol. The molecule has 0 aliphatic heterocycles. The Bertz CT molecular complexity index is 657. The zero-order chi connectivity index (χ0) is 15.0. The van der Waals surface area contributed by atoms with Crippen LogP contribution in [0, 0.1) is 19.8 Å². The molecule has 1 aliphatic rings. The highest BCUT2D eigenvalue weighted by Gasteiger charge is 2.42. The summed E-state index contributed by atoms with van der Waals surface area (Å²) >= 11 is 0. The predicted octanol–water partition coefficient (Wildman–Crippen LogP) is 3.34. The van der Waals surface area contributed by atoms with Crippen molar-refractivity contribution in [1.82, 2.24) is 9.78 Å². The standard InChI is InChI=1S/C18H22N2O/c1-12-15(13(2)20(3)19-12)9-10-18(21)17-11-16(17)14-7-5-4-6-8-14/h4-8,16-17H,9-11H2,1-3H3. The predicted molar refractivity (Wildman–Crippen MR) is 83.3 cm³/mol. The molecule has 1 saturated carbocycles. The fourth-order valence-corrected chi connectivity index (χ4v) is 3.23. The van der Waals surface area contributed by atoms with E-state index in [2.05, 4.69) is 36.3 Å². The summed E-state index contributed by atoms with van der Waals surface area (Å²) in [5, 5.41) is 4.42. The maximum absolute atomic E-state index is 12.4. The number of ketones is 1. The van der Waals surface area contributed by atoms with Crippen LogP contribution in [-0.4, -0.2) is 15.6 Å². The molecule has 3 nitrogen and oxygen atoms in total. The van der Waals surface area contributed by atoms with Gasteiger partial charge in [0.1, 0.15) is 5.78 Å². The molecule has 0 bridgehead atoms. The first-order valence-corrected chi connectivity index (χ1v) is 7.64. The number of carbonyl (C=O) groups excluding carboxylic acids is 1. The molecule has 0 amide bonds. The molecule has 1 aromatic carbocycles. The minimum absolute atomic E-state index is 0.240. The van der Waals surface area contributed by atoms with Gasteiger partial charge in [-0.3, -0.25) is 9.48 Å². The van der Waals surface area contributed by atoms with Gasteiger partial charge in [0.2, 0.25) is 0 Å². The van der Waals surface area contributed by atoms with Crippen LogP contribution in [0.25, 0.3) is 0 Å². The van der Waals surface area contributed by atoms with Gasteiger partial charge in [-0.05, 0) is 43.7 Å². The summed E-state index contributed by atoms with van der Waals surface area (Å²) < 4.78 is 1.90. The molecule has 0 radical (unpaired) electrons. The summed E-state index contributed by atoms with van der Waals surface area (Å²) in [5.74, 6) is 1.10. The van der Waals surface area contributed by atoms with Crippen molar-refractivity contribution in [3.63, 3.8) is 0 Å². The van der Waals surface area contributed by atoms with E-state index in [4.69, 9.17) is 0 Å². The van der Waals surface area contributed by atoms with Gasteiger partial charge in [0.25, 0.3) is 0 Å². The minimum atomic E-state index is 0.240. The molecular weight excluding hydrogens is 260 g/mol. The lowest BCUT2D eigenvalue weighted by atomic mass is 10.0. The van der Waals surface area contributed by atoms with Gasteiger partial charge in [-0.2, -0.15) is 5.10 Å². The largest absolute Gasteiger partial charge is 0.299 e. The van der Waals surface area contributed by atoms with Gasteiger partial charge >= 0.3 is 0 Å². The van der Waals surface area contributed by atoms with Gasteiger partial charge in [-0.1, -0.05) is 30.3 Å². The van der Waals surface area contributed by atoms with Crippen LogP contribution < -0.4 is 0 Å². The number of aromatic nitrogens is 2. The Morgan fingerprint density at radius 3 is 2.62 bits per heavy atom. The van der Waals surface area contributed by atoms with Gasteiger partial charge in [-0.25, -0.2) is 0 Å². The van der Waals surface area contributed by atoms with E-state index in [9.17, 15) is 4.79 Å². The van der Waals surface area contributed by atoms with E-state index in [0.717, 1.165) is 18.5 Å². The van der Waals surface area contributed by atoms with Crippen molar-refractivity contribution in [3.8, 4) is 0 Å². The summed E-state index contributed by atoms with van der Waals surface area (Å²) in [6, 6.07) is 10.4. The van der Waals surface area contributed by atoms with Gasteiger partial charge in [-0.15, -0.1) is 0 Å². The highest BCUT2D eigenvalue weighted by Crippen LogP contribution is 2.48. The zero-order valence-corrected chi connectivity index (χ0v) is 13.0. The summed E-state index contributed by atoms with van der Waals surface area (Å²) in [7, 11) is 1.96. The Morgan fingerprint density at radius 1 is 1.29 bits per heavy atom. The van der Waals surface area contributed by atoms with Gasteiger partial charge < -0.3 is 0 Å². The maximum Gasteiger partial charge on any atom is 0.136 e. The molecule has 2 aromatic rings. The third kappa shape index (κ3) is 2.78. The summed E-state index contributed by atoms with van der Waals surface area (Å²) in [4.78, 5) is 12.4. The molecule has 1 heterocycles. The SMILES string of the molecule is Cc1nn(C)c(C)c1CCC(=O)C1CC1c1ccccc1. The lowest BCUT2D eigenvalue weighted by Gasteiger charge is -2.03. The Kier molecular flexibility index (Phi) is 3.66. The molecule has 1 aromatic heterocycles. The molecule has 3 heteroatoms. The van der Waals surface area contributed by atoms with Crippen molar-refractivity contribution in [1.29, 1.82) is 0 Å². The van der Waals surface area contributed by atoms with E-state index in [1.807, 2.05) is 24.7 Å². The molecule has 1 aliphatic carbocycles. The Balaban J connectivity index is 1.59. The van der Waals surface area contributed by atoms with E-state index < -0.39 is 0 Å². The first-order chi connectivity index (χ1) is 10.1. The molecule has 2 unspecified atom stereocenters. The van der Waals surface area contributed by atoms with E-state index in [0.29, 0.717) is 18.1 Å². The lowest BCUT2D eigenvalue weighted by molar-refractivity contribution is -0.120. The number of carbonyl (C=O) groups is 1. The van der Waals surface area contributed by atoms with Crippen LogP contribution in [0.15, 0.2) is 30.3 Å². The highest BCUT2D eigenvalue weighted by molar-refractivity contribution is 5.85. The lowest BCUT2D eigenvalue weighted by Crippen LogP contribution is -2.05. The molecule has 3 rings (SSSR count). The van der Waals surface area contributed by atoms with Crippen molar-refractivity contribution in [2.75, 3.05) is 0 Å². The van der Waals surface area contributed by atoms with Gasteiger partial charge in [0.15, 0.2) is 0 Å². The first kappa shape index (κ1) is 14.1. The Hall–Kier alpha value is -1.90. The average Bonchev–Trinajstić information content (AvgIpc) is 3.24. The zero-order valence-electron chi connectivity index (χ0n) is 13.0. The number of aryl methyl sites for hydroxylation is 2. The highest BCUT2D eigenvalue weighted by atomic mass is 16.1. The minimum Gasteiger partial charge on any atom is -0.299 e. The fraction of sp³-hybridized carbons (Fsp3) is 0.444. The molecule has 110 valence electrons. The van der Waals surface area contributed by atoms with Gasteiger partial charge in [0.05, 0.1) is 5.69 Å². The molecule has 21 heavy (non-hydrogen) atoms. The van der Waals surface area contributed by atoms with E-state index >= 15 is 0 Å². The van der Waals surface area contributed by atoms with Crippen LogP contribution in [0.2, 0.25) is 0 Å². The third-order valence-corrected chi connectivity index (χ3v) is 4.71. The molecule has 0 spiro atoms. The summed E-state index contributed by atoms with van der Waals surface area (Å²) in [6.45, 7) is 4.10. The van der Waals surface area contributed by atoms with Crippen molar-refractivity contribution >= 4 is 5.78 Å². The van der Waals surface area contributed by atoms with Crippen LogP contribution in [0.4, 0.5) is 0 Å². The van der Waals surface area contributed by atoms with Crippen LogP contribution >= 0.6 is 0 Å². The van der Waals surface area contributed by atoms with E-state index in [1.54, 1.807) is 0 Å². The molecular formula is C18H22N2O. The van der Waals surface area contributed by atoms with Crippen LogP contribution in [0.3, 0.4) is 0 Å². The number of nitrogens with zero attached hydrogens (tertiary/aromatic N) is 2. The van der Waals surface area contributed by atoms with Gasteiger partial charge in [0, 0.05) is 25.1 Å². The second kappa shape index (κ2) is 5.47. The van der Waals surface area contributed by atoms with Crippen molar-refractivity contribution in [2.45, 2.75) is 39.0 Å². The fourth-order valence-electron chi connectivity index (χ4n) is 3.23. The van der Waals surface area contributed by atoms with Crippen molar-refractivity contribution in [2.24, 2.45) is 13.0 Å². The molecule has 0 N–H and O–H groups in total. The summed E-state index contributed by atoms with van der Waals surface area (Å²) in [5.41, 5.74) is 4.78. The van der Waals surface area contributed by atoms with Crippen LogP contribution in [-0.2, 0) is 18.3 Å². The smallest absolute Gasteiger partial charge is 0.136 e. The molecule has 2 atom stereocenters. The first-order valence-electron chi connectivity index (χ1n) is 7.64. The van der Waals surface area contributed by atoms with E-state index in [1.165, 1.54) is 16.8 Å². The molecule has 0 saturated heterocycles.